The zero-order valence-corrected chi connectivity index (χ0v) is 8.02. The maximum Gasteiger partial charge on any atom is 0.0966 e. The van der Waals surface area contributed by atoms with Gasteiger partial charge in [0.05, 0.1) is 12.5 Å². The van der Waals surface area contributed by atoms with Crippen LogP contribution in [0.15, 0.2) is 18.2 Å². The van der Waals surface area contributed by atoms with Gasteiger partial charge in [0, 0.05) is 10.6 Å². The van der Waals surface area contributed by atoms with Crippen molar-refractivity contribution in [1.29, 1.82) is 5.26 Å². The van der Waals surface area contributed by atoms with Gasteiger partial charge in [-0.15, -0.1) is 0 Å². The van der Waals surface area contributed by atoms with Gasteiger partial charge in [-0.3, -0.25) is 0 Å². The van der Waals surface area contributed by atoms with Crippen LogP contribution in [0.3, 0.4) is 0 Å². The van der Waals surface area contributed by atoms with E-state index in [1.54, 1.807) is 6.07 Å². The van der Waals surface area contributed by atoms with E-state index in [-0.39, 0.29) is 6.42 Å². The highest BCUT2D eigenvalue weighted by molar-refractivity contribution is 6.30. The number of nitrogens with zero attached hydrogens (tertiary/aromatic N) is 1. The molecule has 0 aromatic heterocycles. The molecule has 1 nitrogen and oxygen atoms in total. The van der Waals surface area contributed by atoms with Gasteiger partial charge in [-0.05, 0) is 30.7 Å². The van der Waals surface area contributed by atoms with Crippen molar-refractivity contribution < 1.29 is 0 Å². The summed E-state index contributed by atoms with van der Waals surface area (Å²) in [6.07, 6.45) is 0.266. The first kappa shape index (κ1) is 9.65. The van der Waals surface area contributed by atoms with Gasteiger partial charge in [0.2, 0.25) is 0 Å². The summed E-state index contributed by atoms with van der Waals surface area (Å²) in [7, 11) is 0. The molecule has 13 heavy (non-hydrogen) atoms. The molecule has 2 heteroatoms. The third kappa shape index (κ3) is 2.82. The SMILES string of the molecule is Cc1cc(Cl)ccc1C#CCC#N. The van der Waals surface area contributed by atoms with Crippen molar-refractivity contribution >= 4 is 11.6 Å². The van der Waals surface area contributed by atoms with Gasteiger partial charge in [-0.2, -0.15) is 5.26 Å². The summed E-state index contributed by atoms with van der Waals surface area (Å²) in [4.78, 5) is 0. The maximum absolute atomic E-state index is 8.28. The van der Waals surface area contributed by atoms with Crippen LogP contribution >= 0.6 is 11.6 Å². The molecule has 1 rings (SSSR count). The zero-order valence-electron chi connectivity index (χ0n) is 7.26. The highest BCUT2D eigenvalue weighted by Gasteiger charge is 1.94. The largest absolute Gasteiger partial charge is 0.197 e. The topological polar surface area (TPSA) is 23.8 Å². The molecule has 0 N–H and O–H groups in total. The van der Waals surface area contributed by atoms with Crippen LogP contribution in [-0.4, -0.2) is 0 Å². The van der Waals surface area contributed by atoms with Crippen LogP contribution < -0.4 is 0 Å². The molecule has 0 unspecified atom stereocenters. The molecule has 0 atom stereocenters. The number of nitriles is 1. The number of hydrogen-bond donors (Lipinski definition) is 0. The summed E-state index contributed by atoms with van der Waals surface area (Å²) < 4.78 is 0. The van der Waals surface area contributed by atoms with Gasteiger partial charge >= 0.3 is 0 Å². The molecule has 0 radical (unpaired) electrons. The average Bonchev–Trinajstić information content (AvgIpc) is 2.09. The third-order valence-electron chi connectivity index (χ3n) is 1.58. The molecule has 1 aromatic carbocycles. The quantitative estimate of drug-likeness (QED) is 0.576. The molecule has 0 heterocycles. The summed E-state index contributed by atoms with van der Waals surface area (Å²) in [5, 5.41) is 9.00. The first-order valence-electron chi connectivity index (χ1n) is 3.86. The predicted molar refractivity (Wildman–Crippen MR) is 53.3 cm³/mol. The number of hydrogen-bond acceptors (Lipinski definition) is 1. The molecule has 0 aliphatic heterocycles. The Labute approximate surface area is 83.0 Å². The van der Waals surface area contributed by atoms with E-state index in [0.29, 0.717) is 5.02 Å². The molecule has 64 valence electrons. The second kappa shape index (κ2) is 4.55. The normalized spacial score (nSPS) is 8.38. The Kier molecular flexibility index (Phi) is 3.38. The van der Waals surface area contributed by atoms with Gasteiger partial charge in [-0.25, -0.2) is 0 Å². The molecule has 0 bridgehead atoms. The van der Waals surface area contributed by atoms with E-state index >= 15 is 0 Å². The van der Waals surface area contributed by atoms with Crippen LogP contribution in [0.5, 0.6) is 0 Å². The Morgan fingerprint density at radius 2 is 2.23 bits per heavy atom. The van der Waals surface area contributed by atoms with Crippen molar-refractivity contribution in [2.24, 2.45) is 0 Å². The number of halogens is 1. The fourth-order valence-electron chi connectivity index (χ4n) is 0.946. The molecule has 0 saturated heterocycles. The van der Waals surface area contributed by atoms with E-state index in [4.69, 9.17) is 16.9 Å². The van der Waals surface area contributed by atoms with E-state index in [9.17, 15) is 0 Å². The lowest BCUT2D eigenvalue weighted by Crippen LogP contribution is -1.80. The second-order valence-electron chi connectivity index (χ2n) is 2.60. The van der Waals surface area contributed by atoms with Crippen LogP contribution in [0.1, 0.15) is 17.5 Å². The van der Waals surface area contributed by atoms with E-state index in [1.165, 1.54) is 0 Å². The van der Waals surface area contributed by atoms with Crippen LogP contribution in [-0.2, 0) is 0 Å². The van der Waals surface area contributed by atoms with E-state index in [1.807, 2.05) is 25.1 Å². The van der Waals surface area contributed by atoms with Crippen molar-refractivity contribution in [2.75, 3.05) is 0 Å². The Morgan fingerprint density at radius 1 is 1.46 bits per heavy atom. The van der Waals surface area contributed by atoms with E-state index in [2.05, 4.69) is 11.8 Å². The van der Waals surface area contributed by atoms with E-state index < -0.39 is 0 Å². The Morgan fingerprint density at radius 3 is 2.85 bits per heavy atom. The Hall–Kier alpha value is -1.44. The molecule has 0 amide bonds. The molecular formula is C11H8ClN. The highest BCUT2D eigenvalue weighted by Crippen LogP contribution is 2.13. The standard InChI is InChI=1S/C11H8ClN/c1-9-8-11(12)6-5-10(9)4-2-3-7-13/h5-6,8H,3H2,1H3. The average molecular weight is 190 g/mol. The predicted octanol–water partition coefficient (Wildman–Crippen LogP) is 2.91. The van der Waals surface area contributed by atoms with Gasteiger partial charge in [0.15, 0.2) is 0 Å². The van der Waals surface area contributed by atoms with Crippen LogP contribution in [0.25, 0.3) is 0 Å². The lowest BCUT2D eigenvalue weighted by molar-refractivity contribution is 1.39. The van der Waals surface area contributed by atoms with Gasteiger partial charge < -0.3 is 0 Å². The summed E-state index contributed by atoms with van der Waals surface area (Å²) in [6, 6.07) is 7.49. The van der Waals surface area contributed by atoms with Gasteiger partial charge in [0.25, 0.3) is 0 Å². The second-order valence-corrected chi connectivity index (χ2v) is 3.03. The van der Waals surface area contributed by atoms with E-state index in [0.717, 1.165) is 11.1 Å². The number of rotatable bonds is 0. The van der Waals surface area contributed by atoms with Crippen molar-refractivity contribution in [3.63, 3.8) is 0 Å². The summed E-state index contributed by atoms with van der Waals surface area (Å²) >= 11 is 5.78. The van der Waals surface area contributed by atoms with Gasteiger partial charge in [-0.1, -0.05) is 23.4 Å². The molecule has 0 saturated carbocycles. The molecule has 0 aliphatic rings. The van der Waals surface area contributed by atoms with Crippen molar-refractivity contribution in [2.45, 2.75) is 13.3 Å². The number of aryl methyl sites for hydroxylation is 1. The maximum atomic E-state index is 8.28. The van der Waals surface area contributed by atoms with Crippen molar-refractivity contribution in [3.8, 4) is 17.9 Å². The minimum Gasteiger partial charge on any atom is -0.197 e. The third-order valence-corrected chi connectivity index (χ3v) is 1.81. The summed E-state index contributed by atoms with van der Waals surface area (Å²) in [5.74, 6) is 5.67. The minimum absolute atomic E-state index is 0.266. The smallest absolute Gasteiger partial charge is 0.0966 e. The molecule has 1 aromatic rings. The minimum atomic E-state index is 0.266. The first-order chi connectivity index (χ1) is 6.24. The Bertz CT molecular complexity index is 404. The monoisotopic (exact) mass is 189 g/mol. The zero-order chi connectivity index (χ0) is 9.68. The van der Waals surface area contributed by atoms with Crippen LogP contribution in [0, 0.1) is 30.1 Å². The van der Waals surface area contributed by atoms with Crippen LogP contribution in [0.4, 0.5) is 0 Å². The Balaban J connectivity index is 2.93. The molecule has 0 spiro atoms. The molecule has 0 aliphatic carbocycles. The van der Waals surface area contributed by atoms with Crippen molar-refractivity contribution in [3.05, 3.63) is 34.3 Å². The number of benzene rings is 1. The van der Waals surface area contributed by atoms with Crippen LogP contribution in [0.2, 0.25) is 5.02 Å². The highest BCUT2D eigenvalue weighted by atomic mass is 35.5. The lowest BCUT2D eigenvalue weighted by atomic mass is 10.1. The van der Waals surface area contributed by atoms with Gasteiger partial charge in [0.1, 0.15) is 0 Å². The first-order valence-corrected chi connectivity index (χ1v) is 4.24. The lowest BCUT2D eigenvalue weighted by Gasteiger charge is -1.96. The summed E-state index contributed by atoms with van der Waals surface area (Å²) in [6.45, 7) is 1.95. The molecular weight excluding hydrogens is 182 g/mol. The molecule has 0 fully saturated rings. The fourth-order valence-corrected chi connectivity index (χ4v) is 1.17. The fraction of sp³-hybridized carbons (Fsp3) is 0.182. The summed E-state index contributed by atoms with van der Waals surface area (Å²) in [5.41, 5.74) is 1.97. The van der Waals surface area contributed by atoms with Crippen molar-refractivity contribution in [1.82, 2.24) is 0 Å².